The highest BCUT2D eigenvalue weighted by atomic mass is 16.5. The first-order valence-corrected chi connectivity index (χ1v) is 9.91. The van der Waals surface area contributed by atoms with Gasteiger partial charge in [0.15, 0.2) is 0 Å². The number of hydrogen-bond acceptors (Lipinski definition) is 6. The van der Waals surface area contributed by atoms with Gasteiger partial charge in [-0.15, -0.1) is 0 Å². The van der Waals surface area contributed by atoms with Crippen molar-refractivity contribution in [2.45, 2.75) is 25.8 Å². The standard InChI is InChI=1S/C23H28N4O2/c1-19(27-13-3-15-29-23-10-6-21(17-25)7-11-23)18-26-12-2-14-28-22-8-4-20(16-24)5-9-22/h4-11,19,26-27H,2-3,12-15,18H2,1H3. The van der Waals surface area contributed by atoms with Crippen molar-refractivity contribution in [3.05, 3.63) is 59.7 Å². The van der Waals surface area contributed by atoms with Gasteiger partial charge < -0.3 is 20.1 Å². The highest BCUT2D eigenvalue weighted by Gasteiger charge is 2.01. The summed E-state index contributed by atoms with van der Waals surface area (Å²) in [7, 11) is 0. The second-order valence-corrected chi connectivity index (χ2v) is 6.74. The van der Waals surface area contributed by atoms with E-state index >= 15 is 0 Å². The third kappa shape index (κ3) is 9.12. The number of benzene rings is 2. The lowest BCUT2D eigenvalue weighted by Crippen LogP contribution is -2.37. The molecule has 6 nitrogen and oxygen atoms in total. The fourth-order valence-electron chi connectivity index (χ4n) is 2.64. The Hall–Kier alpha value is -3.06. The minimum Gasteiger partial charge on any atom is -0.494 e. The smallest absolute Gasteiger partial charge is 0.119 e. The predicted molar refractivity (Wildman–Crippen MR) is 113 cm³/mol. The Kier molecular flexibility index (Phi) is 10.1. The Morgan fingerprint density at radius 3 is 1.76 bits per heavy atom. The van der Waals surface area contributed by atoms with E-state index < -0.39 is 0 Å². The molecule has 0 heterocycles. The molecule has 0 aromatic heterocycles. The zero-order valence-electron chi connectivity index (χ0n) is 16.9. The Morgan fingerprint density at radius 1 is 0.793 bits per heavy atom. The monoisotopic (exact) mass is 392 g/mol. The van der Waals surface area contributed by atoms with Crippen LogP contribution in [0.5, 0.6) is 11.5 Å². The second-order valence-electron chi connectivity index (χ2n) is 6.74. The largest absolute Gasteiger partial charge is 0.494 e. The molecule has 1 unspecified atom stereocenters. The summed E-state index contributed by atoms with van der Waals surface area (Å²) >= 11 is 0. The zero-order valence-corrected chi connectivity index (χ0v) is 16.9. The Labute approximate surface area is 173 Å². The molecule has 29 heavy (non-hydrogen) atoms. The summed E-state index contributed by atoms with van der Waals surface area (Å²) in [6.07, 6.45) is 1.84. The fraction of sp³-hybridized carbons (Fsp3) is 0.391. The Balaban J connectivity index is 1.43. The maximum atomic E-state index is 8.77. The minimum absolute atomic E-state index is 0.379. The van der Waals surface area contributed by atoms with Crippen LogP contribution in [0.4, 0.5) is 0 Å². The number of nitrogens with zero attached hydrogens (tertiary/aromatic N) is 2. The maximum Gasteiger partial charge on any atom is 0.119 e. The van der Waals surface area contributed by atoms with Gasteiger partial charge in [-0.2, -0.15) is 10.5 Å². The predicted octanol–water partition coefficient (Wildman–Crippen LogP) is 3.24. The molecule has 0 aliphatic heterocycles. The number of nitriles is 2. The van der Waals surface area contributed by atoms with Crippen molar-refractivity contribution in [2.24, 2.45) is 0 Å². The van der Waals surface area contributed by atoms with E-state index in [4.69, 9.17) is 20.0 Å². The first-order valence-electron chi connectivity index (χ1n) is 9.91. The quantitative estimate of drug-likeness (QED) is 0.509. The molecule has 2 rings (SSSR count). The minimum atomic E-state index is 0.379. The van der Waals surface area contributed by atoms with E-state index in [0.29, 0.717) is 30.4 Å². The molecule has 0 fully saturated rings. The molecule has 0 amide bonds. The van der Waals surface area contributed by atoms with Gasteiger partial charge in [0.25, 0.3) is 0 Å². The van der Waals surface area contributed by atoms with Gasteiger partial charge >= 0.3 is 0 Å². The molecule has 0 saturated carbocycles. The summed E-state index contributed by atoms with van der Waals surface area (Å²) in [5, 5.41) is 24.4. The average molecular weight is 393 g/mol. The molecule has 0 radical (unpaired) electrons. The van der Waals surface area contributed by atoms with Gasteiger partial charge in [0.05, 0.1) is 36.5 Å². The zero-order chi connectivity index (χ0) is 20.7. The van der Waals surface area contributed by atoms with Gasteiger partial charge in [0.2, 0.25) is 0 Å². The highest BCUT2D eigenvalue weighted by Crippen LogP contribution is 2.12. The van der Waals surface area contributed by atoms with E-state index in [1.165, 1.54) is 0 Å². The number of nitrogens with one attached hydrogen (secondary N) is 2. The molecule has 6 heteroatoms. The molecule has 1 atom stereocenters. The van der Waals surface area contributed by atoms with E-state index in [1.54, 1.807) is 24.3 Å². The van der Waals surface area contributed by atoms with Crippen LogP contribution in [0.25, 0.3) is 0 Å². The van der Waals surface area contributed by atoms with Crippen LogP contribution in [0, 0.1) is 22.7 Å². The van der Waals surface area contributed by atoms with E-state index in [2.05, 4.69) is 29.7 Å². The van der Waals surface area contributed by atoms with Gasteiger partial charge in [0, 0.05) is 12.6 Å². The first-order chi connectivity index (χ1) is 14.2. The third-order valence-electron chi connectivity index (χ3n) is 4.27. The number of hydrogen-bond donors (Lipinski definition) is 2. The normalized spacial score (nSPS) is 11.3. The SMILES string of the molecule is CC(CNCCCOc1ccc(C#N)cc1)NCCCOc1ccc(C#N)cc1. The molecular formula is C23H28N4O2. The van der Waals surface area contributed by atoms with E-state index in [1.807, 2.05) is 24.3 Å². The van der Waals surface area contributed by atoms with Crippen molar-refractivity contribution >= 4 is 0 Å². The molecule has 0 spiro atoms. The van der Waals surface area contributed by atoms with Crippen LogP contribution < -0.4 is 20.1 Å². The first kappa shape index (κ1) is 22.2. The van der Waals surface area contributed by atoms with Crippen molar-refractivity contribution in [1.82, 2.24) is 10.6 Å². The van der Waals surface area contributed by atoms with E-state index in [0.717, 1.165) is 44.0 Å². The van der Waals surface area contributed by atoms with Gasteiger partial charge in [-0.1, -0.05) is 0 Å². The molecule has 0 bridgehead atoms. The molecule has 152 valence electrons. The molecule has 2 aromatic rings. The summed E-state index contributed by atoms with van der Waals surface area (Å²) in [4.78, 5) is 0. The van der Waals surface area contributed by atoms with Crippen LogP contribution in [-0.2, 0) is 0 Å². The van der Waals surface area contributed by atoms with Crippen LogP contribution >= 0.6 is 0 Å². The van der Waals surface area contributed by atoms with Crippen LogP contribution in [0.2, 0.25) is 0 Å². The lowest BCUT2D eigenvalue weighted by molar-refractivity contribution is 0.301. The molecule has 2 N–H and O–H groups in total. The van der Waals surface area contributed by atoms with Crippen molar-refractivity contribution in [3.8, 4) is 23.6 Å². The van der Waals surface area contributed by atoms with Crippen LogP contribution in [0.3, 0.4) is 0 Å². The van der Waals surface area contributed by atoms with Crippen LogP contribution in [-0.4, -0.2) is 38.9 Å². The van der Waals surface area contributed by atoms with Crippen molar-refractivity contribution in [1.29, 1.82) is 10.5 Å². The summed E-state index contributed by atoms with van der Waals surface area (Å²) in [6, 6.07) is 18.9. The molecular weight excluding hydrogens is 364 g/mol. The lowest BCUT2D eigenvalue weighted by Gasteiger charge is -2.15. The molecule has 0 aliphatic rings. The van der Waals surface area contributed by atoms with Gasteiger partial charge in [0.1, 0.15) is 11.5 Å². The highest BCUT2D eigenvalue weighted by molar-refractivity contribution is 5.35. The van der Waals surface area contributed by atoms with Gasteiger partial charge in [-0.25, -0.2) is 0 Å². The van der Waals surface area contributed by atoms with Crippen molar-refractivity contribution < 1.29 is 9.47 Å². The van der Waals surface area contributed by atoms with E-state index in [9.17, 15) is 0 Å². The van der Waals surface area contributed by atoms with E-state index in [-0.39, 0.29) is 0 Å². The van der Waals surface area contributed by atoms with Crippen LogP contribution in [0.15, 0.2) is 48.5 Å². The van der Waals surface area contributed by atoms with Crippen LogP contribution in [0.1, 0.15) is 30.9 Å². The summed E-state index contributed by atoms with van der Waals surface area (Å²) < 4.78 is 11.3. The molecule has 0 saturated heterocycles. The Morgan fingerprint density at radius 2 is 1.28 bits per heavy atom. The van der Waals surface area contributed by atoms with Crippen molar-refractivity contribution in [2.75, 3.05) is 32.8 Å². The van der Waals surface area contributed by atoms with Gasteiger partial charge in [-0.05, 0) is 81.4 Å². The second kappa shape index (κ2) is 13.2. The van der Waals surface area contributed by atoms with Crippen molar-refractivity contribution in [3.63, 3.8) is 0 Å². The maximum absolute atomic E-state index is 8.77. The Bertz CT molecular complexity index is 792. The molecule has 0 aliphatic carbocycles. The summed E-state index contributed by atoms with van der Waals surface area (Å²) in [6.45, 7) is 6.12. The average Bonchev–Trinajstić information content (AvgIpc) is 2.76. The lowest BCUT2D eigenvalue weighted by atomic mass is 10.2. The summed E-state index contributed by atoms with van der Waals surface area (Å²) in [5.41, 5.74) is 1.28. The number of ether oxygens (including phenoxy) is 2. The fourth-order valence-corrected chi connectivity index (χ4v) is 2.64. The molecule has 2 aromatic carbocycles. The van der Waals surface area contributed by atoms with Gasteiger partial charge in [-0.3, -0.25) is 0 Å². The summed E-state index contributed by atoms with van der Waals surface area (Å²) in [5.74, 6) is 1.59. The third-order valence-corrected chi connectivity index (χ3v) is 4.27. The topological polar surface area (TPSA) is 90.1 Å². The number of rotatable bonds is 13.